The van der Waals surface area contributed by atoms with Gasteiger partial charge < -0.3 is 14.5 Å². The lowest BCUT2D eigenvalue weighted by atomic mass is 9.95. The Bertz CT molecular complexity index is 1210. The quantitative estimate of drug-likeness (QED) is 0.466. The van der Waals surface area contributed by atoms with Gasteiger partial charge in [-0.3, -0.25) is 0 Å². The van der Waals surface area contributed by atoms with Crippen LogP contribution in [0.15, 0.2) is 36.9 Å². The number of piperidine rings is 1. The van der Waals surface area contributed by atoms with E-state index in [1.807, 2.05) is 6.33 Å². The molecule has 6 nitrogen and oxygen atoms in total. The Morgan fingerprint density at radius 2 is 1.81 bits per heavy atom. The van der Waals surface area contributed by atoms with Gasteiger partial charge in [-0.1, -0.05) is 32.3 Å². The minimum atomic E-state index is 0.589. The summed E-state index contributed by atoms with van der Waals surface area (Å²) in [5.74, 6) is 1.85. The third-order valence-corrected chi connectivity index (χ3v) is 7.32. The Balaban J connectivity index is 1.40. The predicted octanol–water partition coefficient (Wildman–Crippen LogP) is 5.72. The Hall–Kier alpha value is -2.89. The smallest absolute Gasteiger partial charge is 0.131 e. The van der Waals surface area contributed by atoms with Gasteiger partial charge in [0, 0.05) is 30.8 Å². The van der Waals surface area contributed by atoms with Crippen molar-refractivity contribution in [2.45, 2.75) is 57.9 Å². The standard InChI is InChI=1S/C25H30N6/c1-17-9-11-30(12-10-17)23-14-21-25(27-15-26-21)24(29-23)18-7-8-22-20(13-18)28-16-31(22)19-5-3-2-4-6-19/h7-8,13-17,19H,2-6,9-12H2,1H3,(H,26,27). The SMILES string of the molecule is CC1CCN(c2cc3[nH]cnc3c(-c3ccc4c(c3)ncn4C3CCCCC3)n2)CC1. The highest BCUT2D eigenvalue weighted by molar-refractivity contribution is 5.93. The lowest BCUT2D eigenvalue weighted by molar-refractivity contribution is 0.359. The molecule has 2 aliphatic rings. The van der Waals surface area contributed by atoms with Gasteiger partial charge in [-0.05, 0) is 43.7 Å². The van der Waals surface area contributed by atoms with Crippen molar-refractivity contribution in [1.29, 1.82) is 0 Å². The third kappa shape index (κ3) is 3.38. The van der Waals surface area contributed by atoms with E-state index in [0.29, 0.717) is 6.04 Å². The van der Waals surface area contributed by atoms with Crippen molar-refractivity contribution in [3.8, 4) is 11.3 Å². The molecule has 4 aromatic rings. The van der Waals surface area contributed by atoms with E-state index in [2.05, 4.69) is 50.6 Å². The van der Waals surface area contributed by atoms with Crippen LogP contribution < -0.4 is 4.90 Å². The Labute approximate surface area is 182 Å². The number of rotatable bonds is 3. The molecule has 31 heavy (non-hydrogen) atoms. The van der Waals surface area contributed by atoms with Gasteiger partial charge in [0.2, 0.25) is 0 Å². The molecule has 160 valence electrons. The molecule has 1 aliphatic heterocycles. The maximum atomic E-state index is 5.10. The van der Waals surface area contributed by atoms with Crippen LogP contribution >= 0.6 is 0 Å². The number of anilines is 1. The molecule has 1 N–H and O–H groups in total. The van der Waals surface area contributed by atoms with Crippen LogP contribution in [0.4, 0.5) is 5.82 Å². The molecule has 0 unspecified atom stereocenters. The molecule has 3 aromatic heterocycles. The van der Waals surface area contributed by atoms with Crippen LogP contribution in [-0.2, 0) is 0 Å². The van der Waals surface area contributed by atoms with Crippen LogP contribution in [-0.4, -0.2) is 37.6 Å². The molecule has 0 bridgehead atoms. The first kappa shape index (κ1) is 18.8. The summed E-state index contributed by atoms with van der Waals surface area (Å²) in [4.78, 5) is 20.2. The highest BCUT2D eigenvalue weighted by Crippen LogP contribution is 2.34. The van der Waals surface area contributed by atoms with E-state index >= 15 is 0 Å². The molecule has 6 heteroatoms. The van der Waals surface area contributed by atoms with Gasteiger partial charge in [0.25, 0.3) is 0 Å². The minimum absolute atomic E-state index is 0.589. The van der Waals surface area contributed by atoms with E-state index in [1.165, 1.54) is 50.5 Å². The average molecular weight is 415 g/mol. The highest BCUT2D eigenvalue weighted by atomic mass is 15.2. The normalized spacial score (nSPS) is 18.9. The van der Waals surface area contributed by atoms with Crippen molar-refractivity contribution in [3.05, 3.63) is 36.9 Å². The van der Waals surface area contributed by atoms with Crippen LogP contribution in [0, 0.1) is 5.92 Å². The molecule has 0 amide bonds. The average Bonchev–Trinajstić information content (AvgIpc) is 3.46. The van der Waals surface area contributed by atoms with E-state index in [9.17, 15) is 0 Å². The van der Waals surface area contributed by atoms with E-state index in [0.717, 1.165) is 52.6 Å². The monoisotopic (exact) mass is 414 g/mol. The van der Waals surface area contributed by atoms with Crippen LogP contribution in [0.25, 0.3) is 33.3 Å². The number of imidazole rings is 2. The maximum absolute atomic E-state index is 5.10. The first-order valence-corrected chi connectivity index (χ1v) is 11.8. The van der Waals surface area contributed by atoms with Crippen LogP contribution in [0.5, 0.6) is 0 Å². The fraction of sp³-hybridized carbons (Fsp3) is 0.480. The van der Waals surface area contributed by atoms with Gasteiger partial charge in [-0.2, -0.15) is 0 Å². The summed E-state index contributed by atoms with van der Waals surface area (Å²) in [5.41, 5.74) is 6.29. The number of nitrogens with zero attached hydrogens (tertiary/aromatic N) is 5. The number of benzene rings is 1. The van der Waals surface area contributed by atoms with Gasteiger partial charge in [-0.15, -0.1) is 0 Å². The Morgan fingerprint density at radius 3 is 2.65 bits per heavy atom. The number of nitrogens with one attached hydrogen (secondary N) is 1. The van der Waals surface area contributed by atoms with Crippen molar-refractivity contribution >= 4 is 27.9 Å². The van der Waals surface area contributed by atoms with E-state index in [-0.39, 0.29) is 0 Å². The molecule has 1 aromatic carbocycles. The first-order chi connectivity index (χ1) is 15.3. The minimum Gasteiger partial charge on any atom is -0.357 e. The zero-order valence-electron chi connectivity index (χ0n) is 18.2. The summed E-state index contributed by atoms with van der Waals surface area (Å²) >= 11 is 0. The topological polar surface area (TPSA) is 62.6 Å². The molecule has 4 heterocycles. The lowest BCUT2D eigenvalue weighted by Gasteiger charge is -2.31. The number of fused-ring (bicyclic) bond motifs is 2. The van der Waals surface area contributed by atoms with Gasteiger partial charge in [-0.25, -0.2) is 15.0 Å². The van der Waals surface area contributed by atoms with Gasteiger partial charge >= 0.3 is 0 Å². The predicted molar refractivity (Wildman–Crippen MR) is 125 cm³/mol. The fourth-order valence-electron chi connectivity index (χ4n) is 5.36. The number of hydrogen-bond acceptors (Lipinski definition) is 4. The van der Waals surface area contributed by atoms with Gasteiger partial charge in [0.05, 0.1) is 29.2 Å². The van der Waals surface area contributed by atoms with Crippen molar-refractivity contribution in [1.82, 2.24) is 24.5 Å². The maximum Gasteiger partial charge on any atom is 0.131 e. The number of hydrogen-bond donors (Lipinski definition) is 1. The summed E-state index contributed by atoms with van der Waals surface area (Å²) in [5, 5.41) is 0. The van der Waals surface area contributed by atoms with E-state index in [4.69, 9.17) is 9.97 Å². The van der Waals surface area contributed by atoms with Gasteiger partial charge in [0.1, 0.15) is 17.0 Å². The second-order valence-electron chi connectivity index (χ2n) is 9.44. The summed E-state index contributed by atoms with van der Waals surface area (Å²) in [6, 6.07) is 9.35. The third-order valence-electron chi connectivity index (χ3n) is 7.32. The van der Waals surface area contributed by atoms with Crippen LogP contribution in [0.2, 0.25) is 0 Å². The zero-order chi connectivity index (χ0) is 20.8. The lowest BCUT2D eigenvalue weighted by Crippen LogP contribution is -2.33. The van der Waals surface area contributed by atoms with Gasteiger partial charge in [0.15, 0.2) is 0 Å². The Morgan fingerprint density at radius 1 is 0.968 bits per heavy atom. The number of aromatic amines is 1. The summed E-state index contributed by atoms with van der Waals surface area (Å²) in [6.45, 7) is 4.48. The highest BCUT2D eigenvalue weighted by Gasteiger charge is 2.21. The molecule has 6 rings (SSSR count). The van der Waals surface area contributed by atoms with Crippen molar-refractivity contribution < 1.29 is 0 Å². The molecule has 0 spiro atoms. The molecule has 0 radical (unpaired) electrons. The largest absolute Gasteiger partial charge is 0.357 e. The van der Waals surface area contributed by atoms with Crippen LogP contribution in [0.3, 0.4) is 0 Å². The molecule has 0 atom stereocenters. The molecule has 2 fully saturated rings. The van der Waals surface area contributed by atoms with Crippen molar-refractivity contribution in [2.24, 2.45) is 5.92 Å². The number of aromatic nitrogens is 5. The summed E-state index contributed by atoms with van der Waals surface area (Å²) in [6.07, 6.45) is 12.8. The van der Waals surface area contributed by atoms with Crippen molar-refractivity contribution in [3.63, 3.8) is 0 Å². The second-order valence-corrected chi connectivity index (χ2v) is 9.44. The Kier molecular flexibility index (Phi) is 4.66. The number of pyridine rings is 1. The number of H-pyrrole nitrogens is 1. The van der Waals surface area contributed by atoms with E-state index in [1.54, 1.807) is 6.33 Å². The van der Waals surface area contributed by atoms with Crippen molar-refractivity contribution in [2.75, 3.05) is 18.0 Å². The summed E-state index contributed by atoms with van der Waals surface area (Å²) in [7, 11) is 0. The molecule has 1 saturated carbocycles. The molecule has 1 aliphatic carbocycles. The zero-order valence-corrected chi connectivity index (χ0v) is 18.2. The molecular weight excluding hydrogens is 384 g/mol. The fourth-order valence-corrected chi connectivity index (χ4v) is 5.36. The second kappa shape index (κ2) is 7.66. The van der Waals surface area contributed by atoms with Crippen LogP contribution in [0.1, 0.15) is 57.9 Å². The van der Waals surface area contributed by atoms with E-state index < -0.39 is 0 Å². The molecular formula is C25H30N6. The molecule has 1 saturated heterocycles. The summed E-state index contributed by atoms with van der Waals surface area (Å²) < 4.78 is 2.39. The first-order valence-electron chi connectivity index (χ1n) is 11.8.